The van der Waals surface area contributed by atoms with Gasteiger partial charge in [-0.15, -0.1) is 0 Å². The number of benzene rings is 1. The van der Waals surface area contributed by atoms with Gasteiger partial charge in [-0.05, 0) is 19.1 Å². The fourth-order valence-corrected chi connectivity index (χ4v) is 2.98. The Hall–Kier alpha value is -1.10. The topological polar surface area (TPSA) is 39.1 Å². The Morgan fingerprint density at radius 2 is 1.85 bits per heavy atom. The van der Waals surface area contributed by atoms with Crippen molar-refractivity contribution in [2.24, 2.45) is 7.05 Å². The number of nitrogens with one attached hydrogen (secondary N) is 1. The standard InChI is InChI=1S/C13H14Cl3N3O/c1-7-9(13(20-3)19(2)18-7)6-17-12-10(15)4-8(14)5-11(12)16/h4-5,17H,6H2,1-3H3. The van der Waals surface area contributed by atoms with Crippen LogP contribution in [0.25, 0.3) is 0 Å². The quantitative estimate of drug-likeness (QED) is 0.905. The van der Waals surface area contributed by atoms with E-state index < -0.39 is 0 Å². The third kappa shape index (κ3) is 2.97. The smallest absolute Gasteiger partial charge is 0.216 e. The minimum Gasteiger partial charge on any atom is -0.481 e. The van der Waals surface area contributed by atoms with Crippen LogP contribution in [0.3, 0.4) is 0 Å². The molecule has 0 aliphatic rings. The van der Waals surface area contributed by atoms with Gasteiger partial charge < -0.3 is 10.1 Å². The summed E-state index contributed by atoms with van der Waals surface area (Å²) in [7, 11) is 3.44. The molecule has 7 heteroatoms. The van der Waals surface area contributed by atoms with Crippen LogP contribution in [0.4, 0.5) is 5.69 Å². The average molecular weight is 335 g/mol. The lowest BCUT2D eigenvalue weighted by Crippen LogP contribution is -2.04. The van der Waals surface area contributed by atoms with Crippen LogP contribution < -0.4 is 10.1 Å². The highest BCUT2D eigenvalue weighted by atomic mass is 35.5. The van der Waals surface area contributed by atoms with Crippen molar-refractivity contribution in [1.82, 2.24) is 9.78 Å². The van der Waals surface area contributed by atoms with Crippen LogP contribution in [0.2, 0.25) is 15.1 Å². The number of anilines is 1. The highest BCUT2D eigenvalue weighted by Crippen LogP contribution is 2.34. The van der Waals surface area contributed by atoms with Gasteiger partial charge in [-0.2, -0.15) is 5.10 Å². The highest BCUT2D eigenvalue weighted by molar-refractivity contribution is 6.41. The van der Waals surface area contributed by atoms with Crippen molar-refractivity contribution in [3.8, 4) is 5.88 Å². The minimum atomic E-state index is 0.475. The molecule has 0 fully saturated rings. The number of hydrogen-bond donors (Lipinski definition) is 1. The number of halogens is 3. The number of aryl methyl sites for hydroxylation is 2. The maximum atomic E-state index is 6.14. The van der Waals surface area contributed by atoms with E-state index in [2.05, 4.69) is 10.4 Å². The molecule has 0 bridgehead atoms. The molecule has 1 N–H and O–H groups in total. The highest BCUT2D eigenvalue weighted by Gasteiger charge is 2.15. The van der Waals surface area contributed by atoms with Crippen molar-refractivity contribution in [2.75, 3.05) is 12.4 Å². The molecule has 0 amide bonds. The molecule has 2 aromatic rings. The summed E-state index contributed by atoms with van der Waals surface area (Å²) in [4.78, 5) is 0. The Morgan fingerprint density at radius 1 is 1.25 bits per heavy atom. The Balaban J connectivity index is 2.26. The van der Waals surface area contributed by atoms with Crippen LogP contribution in [0, 0.1) is 6.92 Å². The van der Waals surface area contributed by atoms with E-state index >= 15 is 0 Å². The summed E-state index contributed by atoms with van der Waals surface area (Å²) in [5, 5.41) is 8.97. The van der Waals surface area contributed by atoms with Gasteiger partial charge in [-0.3, -0.25) is 0 Å². The summed E-state index contributed by atoms with van der Waals surface area (Å²) in [6.07, 6.45) is 0. The molecule has 1 heterocycles. The van der Waals surface area contributed by atoms with E-state index in [1.54, 1.807) is 23.9 Å². The lowest BCUT2D eigenvalue weighted by Gasteiger charge is -2.11. The molecule has 108 valence electrons. The number of rotatable bonds is 4. The molecule has 0 aliphatic heterocycles. The summed E-state index contributed by atoms with van der Waals surface area (Å²) in [5.41, 5.74) is 2.48. The van der Waals surface area contributed by atoms with Gasteiger partial charge in [-0.25, -0.2) is 4.68 Å². The van der Waals surface area contributed by atoms with Gasteiger partial charge in [0.2, 0.25) is 5.88 Å². The van der Waals surface area contributed by atoms with Crippen LogP contribution in [0.1, 0.15) is 11.3 Å². The van der Waals surface area contributed by atoms with E-state index in [0.717, 1.165) is 11.3 Å². The molecular formula is C13H14Cl3N3O. The lowest BCUT2D eigenvalue weighted by atomic mass is 10.2. The normalized spacial score (nSPS) is 10.7. The van der Waals surface area contributed by atoms with E-state index in [1.807, 2.05) is 14.0 Å². The summed E-state index contributed by atoms with van der Waals surface area (Å²) in [6, 6.07) is 3.29. The fourth-order valence-electron chi connectivity index (χ4n) is 2.03. The van der Waals surface area contributed by atoms with Crippen molar-refractivity contribution in [3.05, 3.63) is 38.5 Å². The molecule has 20 heavy (non-hydrogen) atoms. The number of nitrogens with zero attached hydrogens (tertiary/aromatic N) is 2. The zero-order valence-corrected chi connectivity index (χ0v) is 13.6. The second-order valence-electron chi connectivity index (χ2n) is 4.29. The molecule has 0 saturated heterocycles. The first kappa shape index (κ1) is 15.3. The Morgan fingerprint density at radius 3 is 2.40 bits per heavy atom. The van der Waals surface area contributed by atoms with Crippen LogP contribution in [-0.2, 0) is 13.6 Å². The third-order valence-corrected chi connectivity index (χ3v) is 3.75. The van der Waals surface area contributed by atoms with Crippen LogP contribution >= 0.6 is 34.8 Å². The van der Waals surface area contributed by atoms with E-state index in [0.29, 0.717) is 33.2 Å². The van der Waals surface area contributed by atoms with Gasteiger partial charge in [0, 0.05) is 18.6 Å². The molecule has 0 radical (unpaired) electrons. The first-order valence-electron chi connectivity index (χ1n) is 5.89. The predicted molar refractivity (Wildman–Crippen MR) is 83.3 cm³/mol. The Kier molecular flexibility index (Phi) is 4.68. The number of aromatic nitrogens is 2. The predicted octanol–water partition coefficient (Wildman–Crippen LogP) is 4.31. The van der Waals surface area contributed by atoms with Crippen molar-refractivity contribution < 1.29 is 4.74 Å². The van der Waals surface area contributed by atoms with E-state index in [4.69, 9.17) is 39.5 Å². The summed E-state index contributed by atoms with van der Waals surface area (Å²) in [6.45, 7) is 2.43. The van der Waals surface area contributed by atoms with Gasteiger partial charge >= 0.3 is 0 Å². The van der Waals surface area contributed by atoms with Crippen molar-refractivity contribution in [2.45, 2.75) is 13.5 Å². The molecular weight excluding hydrogens is 321 g/mol. The molecule has 1 aromatic carbocycles. The number of ether oxygens (including phenoxy) is 1. The molecule has 4 nitrogen and oxygen atoms in total. The van der Waals surface area contributed by atoms with Crippen molar-refractivity contribution >= 4 is 40.5 Å². The first-order chi connectivity index (χ1) is 9.43. The van der Waals surface area contributed by atoms with E-state index in [1.165, 1.54) is 0 Å². The first-order valence-corrected chi connectivity index (χ1v) is 7.02. The number of hydrogen-bond acceptors (Lipinski definition) is 3. The van der Waals surface area contributed by atoms with E-state index in [-0.39, 0.29) is 0 Å². The van der Waals surface area contributed by atoms with Crippen LogP contribution in [-0.4, -0.2) is 16.9 Å². The van der Waals surface area contributed by atoms with Gasteiger partial charge in [0.25, 0.3) is 0 Å². The van der Waals surface area contributed by atoms with E-state index in [9.17, 15) is 0 Å². The molecule has 0 saturated carbocycles. The minimum absolute atomic E-state index is 0.475. The van der Waals surface area contributed by atoms with Gasteiger partial charge in [-0.1, -0.05) is 34.8 Å². The molecule has 0 unspecified atom stereocenters. The average Bonchev–Trinajstić information content (AvgIpc) is 2.62. The van der Waals surface area contributed by atoms with Gasteiger partial charge in [0.15, 0.2) is 0 Å². The SMILES string of the molecule is COc1c(CNc2c(Cl)cc(Cl)cc2Cl)c(C)nn1C. The summed E-state index contributed by atoms with van der Waals surface area (Å²) in [5.74, 6) is 0.705. The summed E-state index contributed by atoms with van der Waals surface area (Å²) >= 11 is 18.2. The van der Waals surface area contributed by atoms with Crippen molar-refractivity contribution in [3.63, 3.8) is 0 Å². The molecule has 0 aliphatic carbocycles. The molecule has 1 aromatic heterocycles. The number of methoxy groups -OCH3 is 1. The largest absolute Gasteiger partial charge is 0.481 e. The van der Waals surface area contributed by atoms with Gasteiger partial charge in [0.05, 0.1) is 34.1 Å². The lowest BCUT2D eigenvalue weighted by molar-refractivity contribution is 0.370. The third-order valence-electron chi connectivity index (χ3n) is 2.93. The maximum Gasteiger partial charge on any atom is 0.216 e. The Bertz CT molecular complexity index is 617. The monoisotopic (exact) mass is 333 g/mol. The second-order valence-corrected chi connectivity index (χ2v) is 5.55. The fraction of sp³-hybridized carbons (Fsp3) is 0.308. The second kappa shape index (κ2) is 6.12. The zero-order chi connectivity index (χ0) is 14.9. The van der Waals surface area contributed by atoms with Gasteiger partial charge in [0.1, 0.15) is 0 Å². The molecule has 0 atom stereocenters. The summed E-state index contributed by atoms with van der Waals surface area (Å²) < 4.78 is 7.03. The zero-order valence-electron chi connectivity index (χ0n) is 11.3. The Labute approximate surface area is 132 Å². The van der Waals surface area contributed by atoms with Crippen LogP contribution in [0.15, 0.2) is 12.1 Å². The van der Waals surface area contributed by atoms with Crippen molar-refractivity contribution in [1.29, 1.82) is 0 Å². The maximum absolute atomic E-state index is 6.14. The van der Waals surface area contributed by atoms with Crippen LogP contribution in [0.5, 0.6) is 5.88 Å². The molecule has 2 rings (SSSR count). The molecule has 0 spiro atoms.